The van der Waals surface area contributed by atoms with Crippen molar-refractivity contribution in [2.75, 3.05) is 5.73 Å². The van der Waals surface area contributed by atoms with Gasteiger partial charge in [-0.25, -0.2) is 4.98 Å². The summed E-state index contributed by atoms with van der Waals surface area (Å²) in [6, 6.07) is 10.1. The van der Waals surface area contributed by atoms with Gasteiger partial charge in [-0.15, -0.1) is 0 Å². The van der Waals surface area contributed by atoms with E-state index < -0.39 is 0 Å². The van der Waals surface area contributed by atoms with Gasteiger partial charge in [0.2, 0.25) is 0 Å². The second kappa shape index (κ2) is 4.51. The SMILES string of the molecule is Cc1c(-c2nc(-c3ccccc3)sc2N)cnn1C. The molecule has 0 unspecified atom stereocenters. The Morgan fingerprint density at radius 1 is 1.21 bits per heavy atom. The van der Waals surface area contributed by atoms with Crippen molar-refractivity contribution >= 4 is 16.3 Å². The van der Waals surface area contributed by atoms with E-state index in [4.69, 9.17) is 5.73 Å². The van der Waals surface area contributed by atoms with Crippen LogP contribution in [0.15, 0.2) is 36.5 Å². The summed E-state index contributed by atoms with van der Waals surface area (Å²) in [4.78, 5) is 4.66. The Morgan fingerprint density at radius 2 is 1.95 bits per heavy atom. The molecule has 0 aliphatic carbocycles. The average molecular weight is 270 g/mol. The lowest BCUT2D eigenvalue weighted by molar-refractivity contribution is 0.740. The highest BCUT2D eigenvalue weighted by Gasteiger charge is 2.15. The van der Waals surface area contributed by atoms with Gasteiger partial charge in [0.05, 0.1) is 6.20 Å². The zero-order chi connectivity index (χ0) is 13.4. The number of hydrogen-bond donors (Lipinski definition) is 1. The molecule has 4 nitrogen and oxygen atoms in total. The first-order valence-electron chi connectivity index (χ1n) is 5.97. The van der Waals surface area contributed by atoms with E-state index in [-0.39, 0.29) is 0 Å². The van der Waals surface area contributed by atoms with Gasteiger partial charge in [0.15, 0.2) is 0 Å². The second-order valence-corrected chi connectivity index (χ2v) is 5.40. The van der Waals surface area contributed by atoms with Gasteiger partial charge in [-0.05, 0) is 6.92 Å². The molecule has 3 rings (SSSR count). The second-order valence-electron chi connectivity index (χ2n) is 4.37. The molecule has 0 atom stereocenters. The molecule has 19 heavy (non-hydrogen) atoms. The number of rotatable bonds is 2. The molecular weight excluding hydrogens is 256 g/mol. The van der Waals surface area contributed by atoms with Crippen LogP contribution in [0.5, 0.6) is 0 Å². The fourth-order valence-corrected chi connectivity index (χ4v) is 2.81. The van der Waals surface area contributed by atoms with Crippen molar-refractivity contribution < 1.29 is 0 Å². The zero-order valence-electron chi connectivity index (χ0n) is 10.8. The number of hydrogen-bond acceptors (Lipinski definition) is 4. The molecule has 1 aromatic carbocycles. The summed E-state index contributed by atoms with van der Waals surface area (Å²) in [7, 11) is 1.92. The number of nitrogen functional groups attached to an aromatic ring is 1. The van der Waals surface area contributed by atoms with Crippen molar-refractivity contribution in [2.45, 2.75) is 6.92 Å². The summed E-state index contributed by atoms with van der Waals surface area (Å²) in [6.45, 7) is 2.02. The minimum absolute atomic E-state index is 0.731. The smallest absolute Gasteiger partial charge is 0.126 e. The van der Waals surface area contributed by atoms with E-state index in [1.807, 2.05) is 55.2 Å². The van der Waals surface area contributed by atoms with Crippen molar-refractivity contribution in [3.63, 3.8) is 0 Å². The molecule has 0 aliphatic rings. The minimum Gasteiger partial charge on any atom is -0.389 e. The van der Waals surface area contributed by atoms with E-state index in [1.54, 1.807) is 0 Å². The van der Waals surface area contributed by atoms with Crippen molar-refractivity contribution in [3.8, 4) is 21.8 Å². The van der Waals surface area contributed by atoms with Gasteiger partial charge >= 0.3 is 0 Å². The highest BCUT2D eigenvalue weighted by molar-refractivity contribution is 7.19. The molecule has 5 heteroatoms. The third-order valence-electron chi connectivity index (χ3n) is 3.16. The first-order chi connectivity index (χ1) is 9.16. The van der Waals surface area contributed by atoms with E-state index in [0.29, 0.717) is 0 Å². The molecule has 2 N–H and O–H groups in total. The van der Waals surface area contributed by atoms with Gasteiger partial charge < -0.3 is 5.73 Å². The molecule has 0 saturated heterocycles. The number of nitrogens with zero attached hydrogens (tertiary/aromatic N) is 3. The van der Waals surface area contributed by atoms with E-state index in [2.05, 4.69) is 10.1 Å². The van der Waals surface area contributed by atoms with Crippen molar-refractivity contribution in [2.24, 2.45) is 7.05 Å². The van der Waals surface area contributed by atoms with Crippen molar-refractivity contribution in [3.05, 3.63) is 42.2 Å². The molecule has 0 amide bonds. The lowest BCUT2D eigenvalue weighted by Gasteiger charge is -1.97. The van der Waals surface area contributed by atoms with E-state index >= 15 is 0 Å². The maximum Gasteiger partial charge on any atom is 0.126 e. The predicted octanol–water partition coefficient (Wildman–Crippen LogP) is 3.10. The molecule has 96 valence electrons. The lowest BCUT2D eigenvalue weighted by atomic mass is 10.2. The van der Waals surface area contributed by atoms with Crippen LogP contribution in [0.3, 0.4) is 0 Å². The monoisotopic (exact) mass is 270 g/mol. The van der Waals surface area contributed by atoms with E-state index in [9.17, 15) is 0 Å². The maximum absolute atomic E-state index is 6.11. The van der Waals surface area contributed by atoms with Crippen molar-refractivity contribution in [1.29, 1.82) is 0 Å². The number of anilines is 1. The Balaban J connectivity index is 2.10. The third-order valence-corrected chi connectivity index (χ3v) is 4.10. The van der Waals surface area contributed by atoms with E-state index in [1.165, 1.54) is 11.3 Å². The summed E-state index contributed by atoms with van der Waals surface area (Å²) in [5, 5.41) is 5.91. The fraction of sp³-hybridized carbons (Fsp3) is 0.143. The quantitative estimate of drug-likeness (QED) is 0.778. The van der Waals surface area contributed by atoms with Gasteiger partial charge in [-0.3, -0.25) is 4.68 Å². The summed E-state index contributed by atoms with van der Waals surface area (Å²) < 4.78 is 1.83. The van der Waals surface area contributed by atoms with Crippen LogP contribution in [0.4, 0.5) is 5.00 Å². The van der Waals surface area contributed by atoms with E-state index in [0.717, 1.165) is 32.5 Å². The summed E-state index contributed by atoms with van der Waals surface area (Å²) in [5.74, 6) is 0. The first kappa shape index (κ1) is 11.9. The fourth-order valence-electron chi connectivity index (χ4n) is 1.96. The van der Waals surface area contributed by atoms with Crippen LogP contribution in [0, 0.1) is 6.92 Å². The highest BCUT2D eigenvalue weighted by atomic mass is 32.1. The molecule has 0 spiro atoms. The normalized spacial score (nSPS) is 10.8. The number of benzene rings is 1. The van der Waals surface area contributed by atoms with Crippen LogP contribution in [0.2, 0.25) is 0 Å². The Kier molecular flexibility index (Phi) is 2.83. The molecule has 2 heterocycles. The number of aromatic nitrogens is 3. The van der Waals surface area contributed by atoms with Crippen LogP contribution < -0.4 is 5.73 Å². The van der Waals surface area contributed by atoms with Gasteiger partial charge in [0.25, 0.3) is 0 Å². The van der Waals surface area contributed by atoms with Crippen LogP contribution in [-0.4, -0.2) is 14.8 Å². The van der Waals surface area contributed by atoms with Crippen molar-refractivity contribution in [1.82, 2.24) is 14.8 Å². The first-order valence-corrected chi connectivity index (χ1v) is 6.79. The largest absolute Gasteiger partial charge is 0.389 e. The zero-order valence-corrected chi connectivity index (χ0v) is 11.6. The Bertz CT molecular complexity index is 712. The number of thiazole rings is 1. The van der Waals surface area contributed by atoms with Crippen LogP contribution in [-0.2, 0) is 7.05 Å². The molecule has 0 radical (unpaired) electrons. The van der Waals surface area contributed by atoms with Gasteiger partial charge in [0.1, 0.15) is 15.7 Å². The molecule has 0 saturated carbocycles. The van der Waals surface area contributed by atoms with Crippen LogP contribution >= 0.6 is 11.3 Å². The highest BCUT2D eigenvalue weighted by Crippen LogP contribution is 2.36. The minimum atomic E-state index is 0.731. The maximum atomic E-state index is 6.11. The molecule has 0 fully saturated rings. The number of aryl methyl sites for hydroxylation is 1. The number of nitrogens with two attached hydrogens (primary N) is 1. The Morgan fingerprint density at radius 3 is 2.58 bits per heavy atom. The predicted molar refractivity (Wildman–Crippen MR) is 78.9 cm³/mol. The summed E-state index contributed by atoms with van der Waals surface area (Å²) >= 11 is 1.51. The van der Waals surface area contributed by atoms with Crippen LogP contribution in [0.25, 0.3) is 21.8 Å². The average Bonchev–Trinajstić information content (AvgIpc) is 2.96. The third kappa shape index (κ3) is 2.02. The molecule has 0 aliphatic heterocycles. The Hall–Kier alpha value is -2.14. The summed E-state index contributed by atoms with van der Waals surface area (Å²) in [6.07, 6.45) is 1.82. The topological polar surface area (TPSA) is 56.7 Å². The standard InChI is InChI=1S/C14H14N4S/c1-9-11(8-16-18(9)2)12-13(15)19-14(17-12)10-6-4-3-5-7-10/h3-8H,15H2,1-2H3. The Labute approximate surface area is 115 Å². The molecule has 0 bridgehead atoms. The van der Waals surface area contributed by atoms with Crippen LogP contribution in [0.1, 0.15) is 5.69 Å². The molecule has 3 aromatic rings. The van der Waals surface area contributed by atoms with Gasteiger partial charge in [-0.2, -0.15) is 5.10 Å². The van der Waals surface area contributed by atoms with Gasteiger partial charge in [0, 0.05) is 23.9 Å². The molecule has 2 aromatic heterocycles. The molecular formula is C14H14N4S. The lowest BCUT2D eigenvalue weighted by Crippen LogP contribution is -1.93. The summed E-state index contributed by atoms with van der Waals surface area (Å²) in [5.41, 5.74) is 10.1. The van der Waals surface area contributed by atoms with Gasteiger partial charge in [-0.1, -0.05) is 41.7 Å².